The number of hydrogen-bond donors (Lipinski definition) is 2. The molecule has 1 heterocycles. The van der Waals surface area contributed by atoms with Crippen molar-refractivity contribution in [2.24, 2.45) is 0 Å². The van der Waals surface area contributed by atoms with Crippen LogP contribution in [0.25, 0.3) is 0 Å². The van der Waals surface area contributed by atoms with Gasteiger partial charge in [-0.2, -0.15) is 0 Å². The molecule has 0 saturated heterocycles. The van der Waals surface area contributed by atoms with Crippen LogP contribution in [0.1, 0.15) is 19.8 Å². The standard InChI is InChI=1S/C14H14Cl2N4OS2/c1-7(12(21)18-11-5-2-8(15)6-10(11)16)22-14-20-19-13(23-14)17-9-3-4-9/h2,5-7,9H,3-4H2,1H3,(H,17,19)(H,18,21)/t7-/m1/s1. The molecule has 1 atom stereocenters. The number of amides is 1. The van der Waals surface area contributed by atoms with Gasteiger partial charge in [0, 0.05) is 11.1 Å². The van der Waals surface area contributed by atoms with Gasteiger partial charge in [-0.1, -0.05) is 46.3 Å². The van der Waals surface area contributed by atoms with E-state index in [0.29, 0.717) is 21.8 Å². The van der Waals surface area contributed by atoms with Gasteiger partial charge in [-0.15, -0.1) is 10.2 Å². The third-order valence-corrected chi connectivity index (χ3v) is 5.73. The molecule has 3 rings (SSSR count). The van der Waals surface area contributed by atoms with Crippen LogP contribution in [0.2, 0.25) is 10.0 Å². The second-order valence-electron chi connectivity index (χ2n) is 5.17. The molecular weight excluding hydrogens is 375 g/mol. The summed E-state index contributed by atoms with van der Waals surface area (Å²) in [7, 11) is 0. The summed E-state index contributed by atoms with van der Waals surface area (Å²) >= 11 is 14.7. The van der Waals surface area contributed by atoms with Crippen LogP contribution in [0.3, 0.4) is 0 Å². The quantitative estimate of drug-likeness (QED) is 0.710. The first-order chi connectivity index (χ1) is 11.0. The summed E-state index contributed by atoms with van der Waals surface area (Å²) in [4.78, 5) is 12.3. The van der Waals surface area contributed by atoms with Crippen molar-refractivity contribution in [2.75, 3.05) is 10.6 Å². The summed E-state index contributed by atoms with van der Waals surface area (Å²) < 4.78 is 0.762. The van der Waals surface area contributed by atoms with E-state index in [1.165, 1.54) is 35.9 Å². The van der Waals surface area contributed by atoms with Crippen molar-refractivity contribution < 1.29 is 4.79 Å². The van der Waals surface area contributed by atoms with E-state index in [4.69, 9.17) is 23.2 Å². The molecule has 1 saturated carbocycles. The third kappa shape index (κ3) is 4.73. The molecule has 1 aliphatic carbocycles. The summed E-state index contributed by atoms with van der Waals surface area (Å²) in [6.45, 7) is 1.82. The lowest BCUT2D eigenvalue weighted by atomic mass is 10.3. The van der Waals surface area contributed by atoms with Crippen LogP contribution in [0.4, 0.5) is 10.8 Å². The first-order valence-electron chi connectivity index (χ1n) is 7.04. The fourth-order valence-corrected chi connectivity index (χ4v) is 4.18. The van der Waals surface area contributed by atoms with E-state index in [2.05, 4.69) is 20.8 Å². The molecular formula is C14H14Cl2N4OS2. The highest BCUT2D eigenvalue weighted by Crippen LogP contribution is 2.33. The first kappa shape index (κ1) is 16.8. The number of halogens is 2. The molecule has 1 fully saturated rings. The van der Waals surface area contributed by atoms with Gasteiger partial charge >= 0.3 is 0 Å². The average molecular weight is 389 g/mol. The maximum Gasteiger partial charge on any atom is 0.237 e. The second-order valence-corrected chi connectivity index (χ2v) is 8.57. The number of carbonyl (C=O) groups is 1. The van der Waals surface area contributed by atoms with Crippen LogP contribution >= 0.6 is 46.3 Å². The number of aromatic nitrogens is 2. The molecule has 0 bridgehead atoms. The second kappa shape index (κ2) is 7.25. The van der Waals surface area contributed by atoms with Crippen molar-refractivity contribution in [1.29, 1.82) is 0 Å². The molecule has 0 unspecified atom stereocenters. The van der Waals surface area contributed by atoms with Crippen molar-refractivity contribution in [1.82, 2.24) is 10.2 Å². The van der Waals surface area contributed by atoms with Crippen molar-refractivity contribution in [2.45, 2.75) is 35.4 Å². The molecule has 0 spiro atoms. The van der Waals surface area contributed by atoms with Gasteiger partial charge in [-0.05, 0) is 38.0 Å². The van der Waals surface area contributed by atoms with Gasteiger partial charge in [0.2, 0.25) is 11.0 Å². The van der Waals surface area contributed by atoms with Crippen molar-refractivity contribution in [3.63, 3.8) is 0 Å². The Hall–Kier alpha value is -1.02. The maximum atomic E-state index is 12.3. The minimum Gasteiger partial charge on any atom is -0.357 e. The molecule has 5 nitrogen and oxygen atoms in total. The van der Waals surface area contributed by atoms with Gasteiger partial charge in [0.1, 0.15) is 0 Å². The lowest BCUT2D eigenvalue weighted by molar-refractivity contribution is -0.115. The number of carbonyl (C=O) groups excluding carboxylic acids is 1. The predicted molar refractivity (Wildman–Crippen MR) is 97.0 cm³/mol. The first-order valence-corrected chi connectivity index (χ1v) is 9.49. The minimum absolute atomic E-state index is 0.147. The number of rotatable bonds is 6. The van der Waals surface area contributed by atoms with Crippen LogP contribution < -0.4 is 10.6 Å². The molecule has 1 aromatic carbocycles. The third-order valence-electron chi connectivity index (χ3n) is 3.15. The molecule has 23 heavy (non-hydrogen) atoms. The summed E-state index contributed by atoms with van der Waals surface area (Å²) in [5, 5.41) is 15.7. The molecule has 1 amide bonds. The van der Waals surface area contributed by atoms with Crippen LogP contribution in [0.15, 0.2) is 22.5 Å². The molecule has 0 radical (unpaired) electrons. The summed E-state index contributed by atoms with van der Waals surface area (Å²) in [6.07, 6.45) is 2.37. The minimum atomic E-state index is -0.316. The van der Waals surface area contributed by atoms with Crippen LogP contribution in [0.5, 0.6) is 0 Å². The Morgan fingerprint density at radius 2 is 2.17 bits per heavy atom. The van der Waals surface area contributed by atoms with E-state index in [9.17, 15) is 4.79 Å². The van der Waals surface area contributed by atoms with Crippen LogP contribution in [-0.2, 0) is 4.79 Å². The highest BCUT2D eigenvalue weighted by Gasteiger charge is 2.23. The summed E-state index contributed by atoms with van der Waals surface area (Å²) in [5.74, 6) is -0.147. The van der Waals surface area contributed by atoms with Gasteiger partial charge in [0.25, 0.3) is 0 Å². The number of nitrogens with one attached hydrogen (secondary N) is 2. The van der Waals surface area contributed by atoms with E-state index in [1.54, 1.807) is 18.2 Å². The van der Waals surface area contributed by atoms with Crippen molar-refractivity contribution in [3.8, 4) is 0 Å². The van der Waals surface area contributed by atoms with E-state index >= 15 is 0 Å². The van der Waals surface area contributed by atoms with E-state index in [-0.39, 0.29) is 11.2 Å². The normalized spacial score (nSPS) is 15.3. The Morgan fingerprint density at radius 1 is 1.39 bits per heavy atom. The average Bonchev–Trinajstić information content (AvgIpc) is 3.20. The number of hydrogen-bond acceptors (Lipinski definition) is 6. The molecule has 0 aliphatic heterocycles. The largest absolute Gasteiger partial charge is 0.357 e. The Balaban J connectivity index is 1.57. The number of nitrogens with zero attached hydrogens (tertiary/aromatic N) is 2. The smallest absolute Gasteiger partial charge is 0.237 e. The Kier molecular flexibility index (Phi) is 5.31. The van der Waals surface area contributed by atoms with Crippen LogP contribution in [-0.4, -0.2) is 27.4 Å². The Morgan fingerprint density at radius 3 is 2.87 bits per heavy atom. The van der Waals surface area contributed by atoms with Gasteiger partial charge in [-0.3, -0.25) is 4.79 Å². The van der Waals surface area contributed by atoms with E-state index in [0.717, 1.165) is 9.47 Å². The number of thioether (sulfide) groups is 1. The lowest BCUT2D eigenvalue weighted by Gasteiger charge is -2.11. The Bertz CT molecular complexity index is 721. The predicted octanol–water partition coefficient (Wildman–Crippen LogP) is 4.54. The van der Waals surface area contributed by atoms with Gasteiger partial charge in [-0.25, -0.2) is 0 Å². The fraction of sp³-hybridized carbons (Fsp3) is 0.357. The molecule has 1 aromatic heterocycles. The summed E-state index contributed by atoms with van der Waals surface area (Å²) in [5.41, 5.74) is 0.543. The maximum absolute atomic E-state index is 12.3. The fourth-order valence-electron chi connectivity index (χ4n) is 1.75. The van der Waals surface area contributed by atoms with Crippen LogP contribution in [0, 0.1) is 0 Å². The zero-order valence-corrected chi connectivity index (χ0v) is 15.3. The highest BCUT2D eigenvalue weighted by molar-refractivity contribution is 8.02. The van der Waals surface area contributed by atoms with Crippen molar-refractivity contribution in [3.05, 3.63) is 28.2 Å². The SMILES string of the molecule is C[C@@H](Sc1nnc(NC2CC2)s1)C(=O)Nc1ccc(Cl)cc1Cl. The number of anilines is 2. The molecule has 122 valence electrons. The van der Waals surface area contributed by atoms with Gasteiger partial charge < -0.3 is 10.6 Å². The zero-order valence-electron chi connectivity index (χ0n) is 12.2. The molecule has 1 aliphatic rings. The number of benzene rings is 1. The molecule has 2 aromatic rings. The summed E-state index contributed by atoms with van der Waals surface area (Å²) in [6, 6.07) is 5.50. The Labute approximate surface area is 152 Å². The lowest BCUT2D eigenvalue weighted by Crippen LogP contribution is -2.22. The topological polar surface area (TPSA) is 66.9 Å². The highest BCUT2D eigenvalue weighted by atomic mass is 35.5. The molecule has 9 heteroatoms. The van der Waals surface area contributed by atoms with Gasteiger partial charge in [0.05, 0.1) is 16.0 Å². The zero-order chi connectivity index (χ0) is 16.4. The van der Waals surface area contributed by atoms with E-state index < -0.39 is 0 Å². The van der Waals surface area contributed by atoms with Gasteiger partial charge in [0.15, 0.2) is 4.34 Å². The van der Waals surface area contributed by atoms with E-state index in [1.807, 2.05) is 6.92 Å². The molecule has 2 N–H and O–H groups in total. The van der Waals surface area contributed by atoms with Crippen molar-refractivity contribution >= 4 is 63.0 Å². The monoisotopic (exact) mass is 388 g/mol.